The fourth-order valence-electron chi connectivity index (χ4n) is 1.48. The second-order valence-electron chi connectivity index (χ2n) is 3.47. The van der Waals surface area contributed by atoms with Gasteiger partial charge in [-0.2, -0.15) is 0 Å². The van der Waals surface area contributed by atoms with E-state index in [2.05, 4.69) is 0 Å². The molecule has 5 heteroatoms. The minimum atomic E-state index is -0.726. The van der Waals surface area contributed by atoms with Gasteiger partial charge in [-0.3, -0.25) is 14.9 Å². The van der Waals surface area contributed by atoms with Crippen molar-refractivity contribution in [3.8, 4) is 0 Å². The van der Waals surface area contributed by atoms with Crippen LogP contribution >= 0.6 is 11.6 Å². The molecular weight excluding hydrogens is 230 g/mol. The molecule has 1 atom stereocenters. The Morgan fingerprint density at radius 1 is 1.56 bits per heavy atom. The molecule has 0 aromatic heterocycles. The summed E-state index contributed by atoms with van der Waals surface area (Å²) in [5, 5.41) is 9.86. The highest BCUT2D eigenvalue weighted by Crippen LogP contribution is 2.28. The van der Waals surface area contributed by atoms with E-state index in [4.69, 9.17) is 11.6 Å². The lowest BCUT2D eigenvalue weighted by Crippen LogP contribution is -2.05. The Hall–Kier alpha value is -1.42. The molecule has 1 unspecified atom stereocenters. The van der Waals surface area contributed by atoms with Crippen molar-refractivity contribution < 1.29 is 9.72 Å². The first-order valence-corrected chi connectivity index (χ1v) is 5.32. The fraction of sp³-hybridized carbons (Fsp3) is 0.364. The molecule has 0 radical (unpaired) electrons. The third-order valence-corrected chi connectivity index (χ3v) is 2.89. The van der Waals surface area contributed by atoms with Crippen molar-refractivity contribution >= 4 is 23.1 Å². The minimum absolute atomic E-state index is 0.0213. The topological polar surface area (TPSA) is 60.2 Å². The lowest BCUT2D eigenvalue weighted by Gasteiger charge is -2.10. The normalized spacial score (nSPS) is 12.2. The van der Waals surface area contributed by atoms with E-state index < -0.39 is 10.3 Å². The van der Waals surface area contributed by atoms with E-state index in [1.165, 1.54) is 19.1 Å². The Bertz CT molecular complexity index is 431. The van der Waals surface area contributed by atoms with Crippen molar-refractivity contribution in [1.29, 1.82) is 0 Å². The zero-order valence-electron chi connectivity index (χ0n) is 9.07. The van der Waals surface area contributed by atoms with Gasteiger partial charge in [-0.1, -0.05) is 6.92 Å². The van der Waals surface area contributed by atoms with Crippen molar-refractivity contribution in [2.45, 2.75) is 25.6 Å². The number of alkyl halides is 1. The molecule has 0 heterocycles. The van der Waals surface area contributed by atoms with Crippen LogP contribution in [0.1, 0.15) is 30.4 Å². The molecule has 0 bridgehead atoms. The van der Waals surface area contributed by atoms with Crippen LogP contribution in [0.3, 0.4) is 0 Å². The SMILES string of the molecule is CCc1cc([N+](=O)[O-])ccc1C(Cl)C(C)=O. The van der Waals surface area contributed by atoms with Gasteiger partial charge in [0.25, 0.3) is 5.69 Å². The van der Waals surface area contributed by atoms with E-state index in [0.29, 0.717) is 12.0 Å². The Kier molecular flexibility index (Phi) is 4.01. The van der Waals surface area contributed by atoms with Gasteiger partial charge in [-0.25, -0.2) is 0 Å². The second-order valence-corrected chi connectivity index (χ2v) is 3.90. The van der Waals surface area contributed by atoms with Gasteiger partial charge in [0.15, 0.2) is 5.78 Å². The summed E-state index contributed by atoms with van der Waals surface area (Å²) in [6.45, 7) is 3.27. The molecule has 0 amide bonds. The van der Waals surface area contributed by atoms with Gasteiger partial charge < -0.3 is 0 Å². The molecule has 16 heavy (non-hydrogen) atoms. The lowest BCUT2D eigenvalue weighted by molar-refractivity contribution is -0.384. The number of non-ortho nitro benzene ring substituents is 1. The number of nitrogens with zero attached hydrogens (tertiary/aromatic N) is 1. The van der Waals surface area contributed by atoms with Gasteiger partial charge in [0.1, 0.15) is 5.38 Å². The van der Waals surface area contributed by atoms with Crippen LogP contribution in [0.25, 0.3) is 0 Å². The molecule has 0 aliphatic carbocycles. The Morgan fingerprint density at radius 3 is 2.62 bits per heavy atom. The summed E-state index contributed by atoms with van der Waals surface area (Å²) < 4.78 is 0. The highest BCUT2D eigenvalue weighted by molar-refractivity contribution is 6.30. The molecule has 1 aromatic carbocycles. The van der Waals surface area contributed by atoms with Crippen LogP contribution in [0.5, 0.6) is 0 Å². The van der Waals surface area contributed by atoms with E-state index in [9.17, 15) is 14.9 Å². The standard InChI is InChI=1S/C11H12ClNO3/c1-3-8-6-9(13(15)16)4-5-10(8)11(12)7(2)14/h4-6,11H,3H2,1-2H3. The van der Waals surface area contributed by atoms with Crippen LogP contribution in [-0.2, 0) is 11.2 Å². The Balaban J connectivity index is 3.21. The predicted octanol–water partition coefficient (Wildman–Crippen LogP) is 3.03. The van der Waals surface area contributed by atoms with E-state index in [0.717, 1.165) is 5.56 Å². The molecule has 0 aliphatic heterocycles. The van der Waals surface area contributed by atoms with Crippen LogP contribution < -0.4 is 0 Å². The molecule has 0 aliphatic rings. The maximum atomic E-state index is 11.2. The number of rotatable bonds is 4. The first kappa shape index (κ1) is 12.6. The fourth-order valence-corrected chi connectivity index (χ4v) is 1.69. The first-order valence-electron chi connectivity index (χ1n) is 4.89. The molecular formula is C11H12ClNO3. The van der Waals surface area contributed by atoms with Gasteiger partial charge in [-0.05, 0) is 30.5 Å². The minimum Gasteiger partial charge on any atom is -0.298 e. The molecule has 1 rings (SSSR count). The number of halogens is 1. The maximum absolute atomic E-state index is 11.2. The number of ketones is 1. The first-order chi connectivity index (χ1) is 7.47. The summed E-state index contributed by atoms with van der Waals surface area (Å²) in [7, 11) is 0. The third kappa shape index (κ3) is 2.58. The second kappa shape index (κ2) is 5.07. The monoisotopic (exact) mass is 241 g/mol. The van der Waals surface area contributed by atoms with E-state index in [-0.39, 0.29) is 11.5 Å². The van der Waals surface area contributed by atoms with E-state index in [1.54, 1.807) is 6.07 Å². The number of nitro groups is 1. The van der Waals surface area contributed by atoms with Crippen LogP contribution in [0.15, 0.2) is 18.2 Å². The molecule has 4 nitrogen and oxygen atoms in total. The third-order valence-electron chi connectivity index (χ3n) is 2.35. The van der Waals surface area contributed by atoms with Crippen molar-refractivity contribution in [1.82, 2.24) is 0 Å². The molecule has 0 saturated heterocycles. The summed E-state index contributed by atoms with van der Waals surface area (Å²) >= 11 is 5.94. The summed E-state index contributed by atoms with van der Waals surface area (Å²) in [4.78, 5) is 21.3. The lowest BCUT2D eigenvalue weighted by atomic mass is 10.00. The average molecular weight is 242 g/mol. The van der Waals surface area contributed by atoms with Crippen molar-refractivity contribution in [3.05, 3.63) is 39.4 Å². The zero-order valence-corrected chi connectivity index (χ0v) is 9.82. The number of hydrogen-bond acceptors (Lipinski definition) is 3. The van der Waals surface area contributed by atoms with Gasteiger partial charge in [-0.15, -0.1) is 11.6 Å². The maximum Gasteiger partial charge on any atom is 0.269 e. The zero-order chi connectivity index (χ0) is 12.3. The molecule has 0 saturated carbocycles. The average Bonchev–Trinajstić information content (AvgIpc) is 2.26. The van der Waals surface area contributed by atoms with Crippen molar-refractivity contribution in [2.24, 2.45) is 0 Å². The summed E-state index contributed by atoms with van der Waals surface area (Å²) in [5.41, 5.74) is 1.42. The number of Topliss-reactive ketones (excluding diaryl/α,β-unsaturated/α-hetero) is 1. The summed E-state index contributed by atoms with van der Waals surface area (Å²) in [5.74, 6) is -0.162. The van der Waals surface area contributed by atoms with Crippen molar-refractivity contribution in [2.75, 3.05) is 0 Å². The molecule has 0 N–H and O–H groups in total. The van der Waals surface area contributed by atoms with Crippen LogP contribution in [0, 0.1) is 10.1 Å². The quantitative estimate of drug-likeness (QED) is 0.462. The summed E-state index contributed by atoms with van der Waals surface area (Å²) in [6, 6.07) is 4.39. The Morgan fingerprint density at radius 2 is 2.19 bits per heavy atom. The van der Waals surface area contributed by atoms with Crippen LogP contribution in [0.2, 0.25) is 0 Å². The number of carbonyl (C=O) groups excluding carboxylic acids is 1. The molecule has 86 valence electrons. The van der Waals surface area contributed by atoms with Crippen molar-refractivity contribution in [3.63, 3.8) is 0 Å². The highest BCUT2D eigenvalue weighted by atomic mass is 35.5. The Labute approximate surface area is 98.4 Å². The van der Waals surface area contributed by atoms with Gasteiger partial charge in [0.05, 0.1) is 4.92 Å². The number of benzene rings is 1. The van der Waals surface area contributed by atoms with Crippen LogP contribution in [0.4, 0.5) is 5.69 Å². The van der Waals surface area contributed by atoms with Gasteiger partial charge in [0, 0.05) is 12.1 Å². The largest absolute Gasteiger partial charge is 0.298 e. The highest BCUT2D eigenvalue weighted by Gasteiger charge is 2.18. The van der Waals surface area contributed by atoms with E-state index in [1.807, 2.05) is 6.92 Å². The molecule has 0 fully saturated rings. The van der Waals surface area contributed by atoms with E-state index >= 15 is 0 Å². The van der Waals surface area contributed by atoms with Gasteiger partial charge in [0.2, 0.25) is 0 Å². The number of aryl methyl sites for hydroxylation is 1. The van der Waals surface area contributed by atoms with Gasteiger partial charge >= 0.3 is 0 Å². The predicted molar refractivity (Wildman–Crippen MR) is 61.7 cm³/mol. The van der Waals surface area contributed by atoms with Crippen LogP contribution in [-0.4, -0.2) is 10.7 Å². The number of nitro benzene ring substituents is 1. The smallest absolute Gasteiger partial charge is 0.269 e. The summed E-state index contributed by atoms with van der Waals surface area (Å²) in [6.07, 6.45) is 0.605. The number of carbonyl (C=O) groups is 1. The molecule has 1 aromatic rings. The molecule has 0 spiro atoms. The number of hydrogen-bond donors (Lipinski definition) is 0.